The maximum absolute atomic E-state index is 5.13. The summed E-state index contributed by atoms with van der Waals surface area (Å²) >= 11 is 0. The number of aryl methyl sites for hydroxylation is 1. The summed E-state index contributed by atoms with van der Waals surface area (Å²) in [6.45, 7) is 3.79. The van der Waals surface area contributed by atoms with Crippen LogP contribution in [0.2, 0.25) is 0 Å². The van der Waals surface area contributed by atoms with Gasteiger partial charge < -0.3 is 19.6 Å². The molecular formula is C17H23N5O. The van der Waals surface area contributed by atoms with Crippen LogP contribution in [0, 0.1) is 6.92 Å². The Hall–Kier alpha value is -1.92. The summed E-state index contributed by atoms with van der Waals surface area (Å²) in [5.74, 6) is 1.08. The average Bonchev–Trinajstić information content (AvgIpc) is 3.23. The average molecular weight is 313 g/mol. The van der Waals surface area contributed by atoms with Crippen molar-refractivity contribution in [2.24, 2.45) is 0 Å². The van der Waals surface area contributed by atoms with Crippen molar-refractivity contribution < 1.29 is 4.74 Å². The topological polar surface area (TPSA) is 67.8 Å². The summed E-state index contributed by atoms with van der Waals surface area (Å²) in [5.41, 5.74) is 3.15. The van der Waals surface area contributed by atoms with Gasteiger partial charge in [-0.25, -0.2) is 9.97 Å². The number of ether oxygens (including phenoxy) is 1. The fraction of sp³-hybridized carbons (Fsp3) is 0.529. The molecule has 2 atom stereocenters. The predicted octanol–water partition coefficient (Wildman–Crippen LogP) is 2.55. The van der Waals surface area contributed by atoms with Crippen LogP contribution >= 0.6 is 0 Å². The summed E-state index contributed by atoms with van der Waals surface area (Å²) < 4.78 is 7.55. The summed E-state index contributed by atoms with van der Waals surface area (Å²) in [5, 5.41) is 4.76. The van der Waals surface area contributed by atoms with E-state index in [-0.39, 0.29) is 0 Å². The van der Waals surface area contributed by atoms with Crippen molar-refractivity contribution >= 4 is 22.1 Å². The maximum Gasteiger partial charge on any atom is 0.139 e. The first-order valence-electron chi connectivity index (χ1n) is 8.31. The minimum atomic E-state index is 0.501. The van der Waals surface area contributed by atoms with Gasteiger partial charge in [0.05, 0.1) is 18.3 Å². The van der Waals surface area contributed by atoms with Crippen LogP contribution in [0.5, 0.6) is 0 Å². The highest BCUT2D eigenvalue weighted by atomic mass is 16.5. The molecule has 0 radical (unpaired) electrons. The molecule has 122 valence electrons. The highest BCUT2D eigenvalue weighted by Gasteiger charge is 2.28. The van der Waals surface area contributed by atoms with Crippen LogP contribution in [-0.4, -0.2) is 45.8 Å². The maximum atomic E-state index is 5.13. The Kier molecular flexibility index (Phi) is 3.79. The second-order valence-corrected chi connectivity index (χ2v) is 6.37. The van der Waals surface area contributed by atoms with Crippen LogP contribution in [0.25, 0.3) is 22.1 Å². The molecule has 0 amide bonds. The van der Waals surface area contributed by atoms with Gasteiger partial charge in [0.15, 0.2) is 0 Å². The van der Waals surface area contributed by atoms with Gasteiger partial charge in [-0.3, -0.25) is 0 Å². The summed E-state index contributed by atoms with van der Waals surface area (Å²) in [6, 6.07) is 3.17. The molecule has 0 unspecified atom stereocenters. The molecule has 0 spiro atoms. The minimum Gasteiger partial charge on any atom is -0.383 e. The van der Waals surface area contributed by atoms with E-state index in [1.165, 1.54) is 23.7 Å². The van der Waals surface area contributed by atoms with Crippen molar-refractivity contribution in [2.75, 3.05) is 20.3 Å². The lowest BCUT2D eigenvalue weighted by atomic mass is 10.2. The number of hydrogen-bond donors (Lipinski definition) is 2. The SMILES string of the molecule is COCCN[C@@H]1CC[C@@H](n2c(C)nc3cnc4[nH]ccc4c32)C1. The summed E-state index contributed by atoms with van der Waals surface area (Å²) in [7, 11) is 1.75. The Morgan fingerprint density at radius 3 is 3.22 bits per heavy atom. The van der Waals surface area contributed by atoms with Gasteiger partial charge in [0.2, 0.25) is 0 Å². The van der Waals surface area contributed by atoms with E-state index in [4.69, 9.17) is 9.72 Å². The molecule has 0 saturated heterocycles. The number of rotatable bonds is 5. The second kappa shape index (κ2) is 5.94. The Morgan fingerprint density at radius 2 is 2.35 bits per heavy atom. The van der Waals surface area contributed by atoms with Crippen LogP contribution in [0.1, 0.15) is 31.1 Å². The molecule has 1 aliphatic rings. The fourth-order valence-corrected chi connectivity index (χ4v) is 3.90. The summed E-state index contributed by atoms with van der Waals surface area (Å²) in [6.07, 6.45) is 7.36. The fourth-order valence-electron chi connectivity index (χ4n) is 3.90. The number of fused-ring (bicyclic) bond motifs is 3. The van der Waals surface area contributed by atoms with Crippen molar-refractivity contribution in [1.29, 1.82) is 0 Å². The number of methoxy groups -OCH3 is 1. The Balaban J connectivity index is 1.66. The Labute approximate surface area is 135 Å². The van der Waals surface area contributed by atoms with Crippen LogP contribution in [-0.2, 0) is 4.74 Å². The van der Waals surface area contributed by atoms with E-state index in [0.29, 0.717) is 12.1 Å². The van der Waals surface area contributed by atoms with Gasteiger partial charge in [-0.1, -0.05) is 0 Å². The number of imidazole rings is 1. The molecule has 6 nitrogen and oxygen atoms in total. The van der Waals surface area contributed by atoms with Crippen LogP contribution in [0.4, 0.5) is 0 Å². The third-order valence-electron chi connectivity index (χ3n) is 4.92. The van der Waals surface area contributed by atoms with Gasteiger partial charge in [0, 0.05) is 37.3 Å². The van der Waals surface area contributed by atoms with E-state index < -0.39 is 0 Å². The lowest BCUT2D eigenvalue weighted by Crippen LogP contribution is -2.29. The van der Waals surface area contributed by atoms with E-state index in [1.54, 1.807) is 7.11 Å². The van der Waals surface area contributed by atoms with Crippen molar-refractivity contribution in [3.8, 4) is 0 Å². The zero-order valence-corrected chi connectivity index (χ0v) is 13.7. The zero-order valence-electron chi connectivity index (χ0n) is 13.7. The smallest absolute Gasteiger partial charge is 0.139 e. The molecule has 0 bridgehead atoms. The van der Waals surface area contributed by atoms with Gasteiger partial charge in [0.25, 0.3) is 0 Å². The number of pyridine rings is 1. The van der Waals surface area contributed by atoms with E-state index >= 15 is 0 Å². The van der Waals surface area contributed by atoms with Crippen molar-refractivity contribution in [2.45, 2.75) is 38.3 Å². The largest absolute Gasteiger partial charge is 0.383 e. The minimum absolute atomic E-state index is 0.501. The molecule has 0 aliphatic heterocycles. The molecule has 3 heterocycles. The third kappa shape index (κ3) is 2.52. The van der Waals surface area contributed by atoms with Crippen molar-refractivity contribution in [3.05, 3.63) is 24.3 Å². The molecule has 3 aromatic heterocycles. The first-order valence-corrected chi connectivity index (χ1v) is 8.31. The molecule has 1 saturated carbocycles. The van der Waals surface area contributed by atoms with E-state index in [0.717, 1.165) is 36.6 Å². The Morgan fingerprint density at radius 1 is 1.43 bits per heavy atom. The molecule has 23 heavy (non-hydrogen) atoms. The quantitative estimate of drug-likeness (QED) is 0.710. The van der Waals surface area contributed by atoms with Gasteiger partial charge in [-0.2, -0.15) is 0 Å². The predicted molar refractivity (Wildman–Crippen MR) is 90.7 cm³/mol. The van der Waals surface area contributed by atoms with Gasteiger partial charge in [-0.05, 0) is 32.3 Å². The van der Waals surface area contributed by atoms with E-state index in [9.17, 15) is 0 Å². The van der Waals surface area contributed by atoms with E-state index in [1.807, 2.05) is 12.4 Å². The zero-order chi connectivity index (χ0) is 15.8. The number of H-pyrrole nitrogens is 1. The van der Waals surface area contributed by atoms with Crippen LogP contribution in [0.3, 0.4) is 0 Å². The normalized spacial score (nSPS) is 21.7. The molecule has 0 aromatic carbocycles. The van der Waals surface area contributed by atoms with Crippen LogP contribution in [0.15, 0.2) is 18.5 Å². The van der Waals surface area contributed by atoms with Crippen LogP contribution < -0.4 is 5.32 Å². The number of aromatic amines is 1. The molecule has 4 rings (SSSR count). The number of nitrogens with one attached hydrogen (secondary N) is 2. The van der Waals surface area contributed by atoms with Gasteiger partial charge in [0.1, 0.15) is 17.0 Å². The Bertz CT molecular complexity index is 821. The van der Waals surface area contributed by atoms with Crippen molar-refractivity contribution in [1.82, 2.24) is 24.8 Å². The first kappa shape index (κ1) is 14.7. The molecular weight excluding hydrogens is 290 g/mol. The number of aromatic nitrogens is 4. The third-order valence-corrected chi connectivity index (χ3v) is 4.92. The van der Waals surface area contributed by atoms with E-state index in [2.05, 4.69) is 32.8 Å². The molecule has 1 fully saturated rings. The number of hydrogen-bond acceptors (Lipinski definition) is 4. The number of nitrogens with zero attached hydrogens (tertiary/aromatic N) is 3. The molecule has 3 aromatic rings. The highest BCUT2D eigenvalue weighted by Crippen LogP contribution is 2.35. The first-order chi connectivity index (χ1) is 11.3. The molecule has 6 heteroatoms. The highest BCUT2D eigenvalue weighted by molar-refractivity contribution is 6.01. The standard InChI is InChI=1S/C17H23N5O/c1-11-21-15-10-20-17-14(5-6-19-17)16(15)22(11)13-4-3-12(9-13)18-7-8-23-2/h5-6,10,12-13,18H,3-4,7-9H2,1-2H3,(H,19,20)/t12-,13-/m1/s1. The van der Waals surface area contributed by atoms with Crippen molar-refractivity contribution in [3.63, 3.8) is 0 Å². The lowest BCUT2D eigenvalue weighted by molar-refractivity contribution is 0.195. The molecule has 2 N–H and O–H groups in total. The lowest BCUT2D eigenvalue weighted by Gasteiger charge is -2.17. The molecule has 1 aliphatic carbocycles. The van der Waals surface area contributed by atoms with Gasteiger partial charge >= 0.3 is 0 Å². The summed E-state index contributed by atoms with van der Waals surface area (Å²) in [4.78, 5) is 12.4. The van der Waals surface area contributed by atoms with Gasteiger partial charge in [-0.15, -0.1) is 0 Å². The second-order valence-electron chi connectivity index (χ2n) is 6.37. The monoisotopic (exact) mass is 313 g/mol.